The summed E-state index contributed by atoms with van der Waals surface area (Å²) in [6, 6.07) is 6.96. The number of carbonyl (C=O) groups is 1. The molecule has 1 amide bonds. The molecule has 3 aromatic rings. The van der Waals surface area contributed by atoms with Gasteiger partial charge in [0, 0.05) is 50.7 Å². The van der Waals surface area contributed by atoms with E-state index in [0.29, 0.717) is 56.8 Å². The van der Waals surface area contributed by atoms with E-state index in [9.17, 15) is 13.6 Å². The van der Waals surface area contributed by atoms with Crippen LogP contribution >= 0.6 is 0 Å². The number of fused-ring (bicyclic) bond motifs is 1. The van der Waals surface area contributed by atoms with Gasteiger partial charge in [0.1, 0.15) is 23.8 Å². The molecule has 8 nitrogen and oxygen atoms in total. The number of carbonyl (C=O) groups excluding carboxylic acids is 1. The van der Waals surface area contributed by atoms with E-state index in [0.717, 1.165) is 11.9 Å². The van der Waals surface area contributed by atoms with E-state index in [1.807, 2.05) is 18.3 Å². The Morgan fingerprint density at radius 1 is 0.970 bits per heavy atom. The van der Waals surface area contributed by atoms with Gasteiger partial charge >= 0.3 is 0 Å². The Kier molecular flexibility index (Phi) is 4.65. The average molecular weight is 451 g/mol. The molecule has 1 spiro atoms. The molecule has 0 N–H and O–H groups in total. The van der Waals surface area contributed by atoms with E-state index in [1.54, 1.807) is 15.9 Å². The van der Waals surface area contributed by atoms with Crippen LogP contribution in [-0.4, -0.2) is 61.9 Å². The van der Waals surface area contributed by atoms with Gasteiger partial charge in [0.15, 0.2) is 5.82 Å². The highest BCUT2D eigenvalue weighted by Crippen LogP contribution is 2.47. The summed E-state index contributed by atoms with van der Waals surface area (Å²) in [5, 5.41) is 8.04. The number of hydrazine groups is 1. The zero-order valence-corrected chi connectivity index (χ0v) is 17.9. The second-order valence-electron chi connectivity index (χ2n) is 9.00. The maximum absolute atomic E-state index is 13.8. The molecule has 3 saturated heterocycles. The van der Waals surface area contributed by atoms with Crippen molar-refractivity contribution >= 4 is 11.7 Å². The first kappa shape index (κ1) is 20.2. The zero-order chi connectivity index (χ0) is 22.6. The Morgan fingerprint density at radius 2 is 1.73 bits per heavy atom. The number of halogens is 2. The van der Waals surface area contributed by atoms with Gasteiger partial charge in [-0.25, -0.2) is 28.4 Å². The Morgan fingerprint density at radius 3 is 2.45 bits per heavy atom. The van der Waals surface area contributed by atoms with Gasteiger partial charge in [0.2, 0.25) is 5.91 Å². The van der Waals surface area contributed by atoms with Gasteiger partial charge in [-0.15, -0.1) is 0 Å². The lowest BCUT2D eigenvalue weighted by Gasteiger charge is -2.38. The van der Waals surface area contributed by atoms with E-state index in [2.05, 4.69) is 25.0 Å². The summed E-state index contributed by atoms with van der Waals surface area (Å²) in [6.07, 6.45) is 7.13. The molecule has 0 radical (unpaired) electrons. The lowest BCUT2D eigenvalue weighted by molar-refractivity contribution is -0.143. The van der Waals surface area contributed by atoms with E-state index >= 15 is 0 Å². The van der Waals surface area contributed by atoms with Crippen LogP contribution in [-0.2, 0) is 4.79 Å². The standard InChI is InChI=1S/C23H23F2N7O/c24-17-10-16(11-18(25)12-17)19-2-7-30-14-23(22(33)32(19)30)3-8-29(9-4-23)20-13-21(27-15-26-20)31-6-1-5-28-31/h1,5-6,10-13,15,19H,2-4,7-9,14H2/t19-/m0/s1. The van der Waals surface area contributed by atoms with Crippen molar-refractivity contribution in [3.05, 3.63) is 66.3 Å². The fraction of sp³-hybridized carbons (Fsp3) is 0.391. The predicted octanol–water partition coefficient (Wildman–Crippen LogP) is 2.73. The number of piperidine rings is 1. The van der Waals surface area contributed by atoms with E-state index < -0.39 is 17.0 Å². The van der Waals surface area contributed by atoms with Crippen molar-refractivity contribution in [2.24, 2.45) is 5.41 Å². The third-order valence-electron chi connectivity index (χ3n) is 7.10. The zero-order valence-electron chi connectivity index (χ0n) is 17.9. The first-order valence-corrected chi connectivity index (χ1v) is 11.1. The maximum atomic E-state index is 13.8. The van der Waals surface area contributed by atoms with Crippen molar-refractivity contribution in [3.8, 4) is 5.82 Å². The molecule has 1 aromatic carbocycles. The molecule has 0 unspecified atom stereocenters. The van der Waals surface area contributed by atoms with Crippen LogP contribution in [0.2, 0.25) is 0 Å². The fourth-order valence-electron chi connectivity index (χ4n) is 5.43. The predicted molar refractivity (Wildman–Crippen MR) is 115 cm³/mol. The largest absolute Gasteiger partial charge is 0.356 e. The van der Waals surface area contributed by atoms with Crippen molar-refractivity contribution < 1.29 is 13.6 Å². The summed E-state index contributed by atoms with van der Waals surface area (Å²) in [4.78, 5) is 24.5. The van der Waals surface area contributed by atoms with Gasteiger partial charge in [-0.1, -0.05) is 0 Å². The lowest BCUT2D eigenvalue weighted by atomic mass is 9.77. The van der Waals surface area contributed by atoms with Crippen LogP contribution in [0.25, 0.3) is 5.82 Å². The molecule has 170 valence electrons. The third kappa shape index (κ3) is 3.36. The van der Waals surface area contributed by atoms with Crippen molar-refractivity contribution in [1.82, 2.24) is 29.8 Å². The SMILES string of the molecule is O=C1N2[C@H](c3cc(F)cc(F)c3)CCN2CC12CCN(c1cc(-n3cccn3)ncn1)CC2. The van der Waals surface area contributed by atoms with Crippen molar-refractivity contribution in [1.29, 1.82) is 0 Å². The van der Waals surface area contributed by atoms with Gasteiger partial charge in [-0.05, 0) is 43.0 Å². The second kappa shape index (κ2) is 7.58. The monoisotopic (exact) mass is 451 g/mol. The highest BCUT2D eigenvalue weighted by molar-refractivity contribution is 5.85. The minimum Gasteiger partial charge on any atom is -0.356 e. The smallest absolute Gasteiger partial charge is 0.245 e. The number of rotatable bonds is 3. The number of aromatic nitrogens is 4. The fourth-order valence-corrected chi connectivity index (χ4v) is 5.43. The summed E-state index contributed by atoms with van der Waals surface area (Å²) >= 11 is 0. The Balaban J connectivity index is 1.19. The highest BCUT2D eigenvalue weighted by Gasteiger charge is 2.56. The molecule has 33 heavy (non-hydrogen) atoms. The van der Waals surface area contributed by atoms with E-state index in [1.165, 1.54) is 18.5 Å². The first-order chi connectivity index (χ1) is 16.0. The van der Waals surface area contributed by atoms with Crippen LogP contribution in [0.15, 0.2) is 49.1 Å². The van der Waals surface area contributed by atoms with Gasteiger partial charge in [0.25, 0.3) is 0 Å². The van der Waals surface area contributed by atoms with Crippen LogP contribution in [0.5, 0.6) is 0 Å². The molecule has 3 fully saturated rings. The Hall–Kier alpha value is -3.40. The average Bonchev–Trinajstić information content (AvgIpc) is 3.53. The minimum atomic E-state index is -0.613. The third-order valence-corrected chi connectivity index (χ3v) is 7.10. The molecular weight excluding hydrogens is 428 g/mol. The summed E-state index contributed by atoms with van der Waals surface area (Å²) in [7, 11) is 0. The molecule has 2 aromatic heterocycles. The summed E-state index contributed by atoms with van der Waals surface area (Å²) < 4.78 is 29.3. The number of benzene rings is 1. The topological polar surface area (TPSA) is 70.4 Å². The minimum absolute atomic E-state index is 0.0641. The van der Waals surface area contributed by atoms with E-state index in [4.69, 9.17) is 0 Å². The molecule has 3 aliphatic rings. The van der Waals surface area contributed by atoms with Crippen molar-refractivity contribution in [3.63, 3.8) is 0 Å². The van der Waals surface area contributed by atoms with Crippen LogP contribution in [0.1, 0.15) is 30.9 Å². The summed E-state index contributed by atoms with van der Waals surface area (Å²) in [6.45, 7) is 2.75. The van der Waals surface area contributed by atoms with Gasteiger partial charge in [-0.3, -0.25) is 9.80 Å². The Bertz CT molecular complexity index is 1170. The normalized spacial score (nSPS) is 22.4. The van der Waals surface area contributed by atoms with Crippen LogP contribution in [0, 0.1) is 17.0 Å². The quantitative estimate of drug-likeness (QED) is 0.610. The molecule has 1 atom stereocenters. The van der Waals surface area contributed by atoms with Gasteiger partial charge in [0.05, 0.1) is 11.5 Å². The summed E-state index contributed by atoms with van der Waals surface area (Å²) in [5.41, 5.74) is 0.0452. The highest BCUT2D eigenvalue weighted by atomic mass is 19.1. The molecule has 10 heteroatoms. The number of anilines is 1. The molecule has 0 aliphatic carbocycles. The number of hydrogen-bond donors (Lipinski definition) is 0. The van der Waals surface area contributed by atoms with Gasteiger partial charge in [-0.2, -0.15) is 5.10 Å². The molecular formula is C23H23F2N7O. The molecule has 3 aliphatic heterocycles. The first-order valence-electron chi connectivity index (χ1n) is 11.1. The van der Waals surface area contributed by atoms with Crippen molar-refractivity contribution in [2.45, 2.75) is 25.3 Å². The lowest BCUT2D eigenvalue weighted by Crippen LogP contribution is -2.46. The van der Waals surface area contributed by atoms with Crippen LogP contribution < -0.4 is 4.90 Å². The number of hydrogen-bond acceptors (Lipinski definition) is 6. The van der Waals surface area contributed by atoms with Gasteiger partial charge < -0.3 is 4.90 Å². The number of nitrogens with zero attached hydrogens (tertiary/aromatic N) is 7. The molecule has 6 rings (SSSR count). The maximum Gasteiger partial charge on any atom is 0.245 e. The number of amides is 1. The molecule has 0 bridgehead atoms. The van der Waals surface area contributed by atoms with Crippen molar-refractivity contribution in [2.75, 3.05) is 31.1 Å². The van der Waals surface area contributed by atoms with E-state index in [-0.39, 0.29) is 11.9 Å². The van der Waals surface area contributed by atoms with Crippen LogP contribution in [0.4, 0.5) is 14.6 Å². The van der Waals surface area contributed by atoms with Crippen LogP contribution in [0.3, 0.4) is 0 Å². The Labute approximate surface area is 189 Å². The molecule has 5 heterocycles. The second-order valence-corrected chi connectivity index (χ2v) is 9.00. The summed E-state index contributed by atoms with van der Waals surface area (Å²) in [5.74, 6) is 0.341. The molecule has 0 saturated carbocycles.